The van der Waals surface area contributed by atoms with E-state index in [1.807, 2.05) is 4.90 Å². The SMILES string of the molecule is O=S(=O)(c1ccc(C2(C(F)(F)F)CC2)cc1)n1nc(N2CCN(c3ncc(F)cn3)CC23CC3)c2c(Cl)cccc21. The van der Waals surface area contributed by atoms with Crippen LogP contribution in [-0.4, -0.2) is 58.9 Å². The predicted octanol–water partition coefficient (Wildman–Crippen LogP) is 5.31. The summed E-state index contributed by atoms with van der Waals surface area (Å²) < 4.78 is 82.8. The number of fused-ring (bicyclic) bond motifs is 1. The Labute approximate surface area is 237 Å². The quantitative estimate of drug-likeness (QED) is 0.285. The van der Waals surface area contributed by atoms with E-state index in [9.17, 15) is 26.0 Å². The van der Waals surface area contributed by atoms with E-state index in [-0.39, 0.29) is 34.4 Å². The molecule has 3 heterocycles. The molecule has 8 nitrogen and oxygen atoms in total. The van der Waals surface area contributed by atoms with Gasteiger partial charge in [-0.15, -0.1) is 5.10 Å². The van der Waals surface area contributed by atoms with Crippen molar-refractivity contribution in [1.29, 1.82) is 0 Å². The molecule has 7 rings (SSSR count). The molecular formula is C27H23ClF4N6O2S. The molecule has 0 atom stereocenters. The Bertz CT molecular complexity index is 1770. The van der Waals surface area contributed by atoms with Gasteiger partial charge in [-0.1, -0.05) is 29.8 Å². The minimum atomic E-state index is -4.40. The number of hydrogen-bond acceptors (Lipinski definition) is 7. The monoisotopic (exact) mass is 606 g/mol. The molecule has 41 heavy (non-hydrogen) atoms. The first-order chi connectivity index (χ1) is 19.5. The van der Waals surface area contributed by atoms with Gasteiger partial charge in [0.25, 0.3) is 10.0 Å². The van der Waals surface area contributed by atoms with Crippen LogP contribution in [0.25, 0.3) is 10.9 Å². The smallest absolute Gasteiger partial charge is 0.345 e. The maximum absolute atomic E-state index is 13.8. The molecule has 0 amide bonds. The molecule has 1 spiro atoms. The van der Waals surface area contributed by atoms with Crippen LogP contribution in [0, 0.1) is 5.82 Å². The summed E-state index contributed by atoms with van der Waals surface area (Å²) >= 11 is 6.62. The number of alkyl halides is 3. The zero-order valence-electron chi connectivity index (χ0n) is 21.4. The standard InChI is InChI=1S/C27H23ClF4N6O2S/c28-20-2-1-3-21-22(20)23(37-13-12-36(16-25(37)8-9-25)24-33-14-18(29)15-34-24)35-38(21)41(39,40)19-6-4-17(5-7-19)26(10-11-26)27(30,31)32/h1-7,14-15H,8-13,16H2. The molecule has 2 aromatic heterocycles. The second kappa shape index (κ2) is 8.78. The van der Waals surface area contributed by atoms with Crippen LogP contribution in [0.15, 0.2) is 59.8 Å². The van der Waals surface area contributed by atoms with Crippen LogP contribution in [0.1, 0.15) is 31.2 Å². The van der Waals surface area contributed by atoms with E-state index in [1.165, 1.54) is 24.3 Å². The zero-order valence-corrected chi connectivity index (χ0v) is 23.0. The number of halogens is 5. The van der Waals surface area contributed by atoms with Gasteiger partial charge < -0.3 is 9.80 Å². The molecule has 0 N–H and O–H groups in total. The first-order valence-corrected chi connectivity index (χ1v) is 14.9. The van der Waals surface area contributed by atoms with Crippen LogP contribution in [0.4, 0.5) is 29.3 Å². The molecule has 2 aliphatic carbocycles. The summed E-state index contributed by atoms with van der Waals surface area (Å²) in [6, 6.07) is 9.79. The van der Waals surface area contributed by atoms with E-state index in [0.29, 0.717) is 41.8 Å². The lowest BCUT2D eigenvalue weighted by Gasteiger charge is -2.42. The third kappa shape index (κ3) is 4.07. The summed E-state index contributed by atoms with van der Waals surface area (Å²) in [5.41, 5.74) is -1.95. The highest BCUT2D eigenvalue weighted by molar-refractivity contribution is 7.90. The first kappa shape index (κ1) is 26.4. The normalized spacial score (nSPS) is 19.6. The van der Waals surface area contributed by atoms with Crippen molar-refractivity contribution < 1.29 is 26.0 Å². The summed E-state index contributed by atoms with van der Waals surface area (Å²) in [6.07, 6.45) is -0.560. The number of rotatable bonds is 5. The van der Waals surface area contributed by atoms with E-state index in [2.05, 4.69) is 20.0 Å². The van der Waals surface area contributed by atoms with Crippen LogP contribution in [0.5, 0.6) is 0 Å². The van der Waals surface area contributed by atoms with Gasteiger partial charge in [0, 0.05) is 19.6 Å². The molecule has 0 radical (unpaired) electrons. The van der Waals surface area contributed by atoms with E-state index >= 15 is 0 Å². The van der Waals surface area contributed by atoms with Crippen molar-refractivity contribution in [3.8, 4) is 0 Å². The lowest BCUT2D eigenvalue weighted by molar-refractivity contribution is -0.160. The van der Waals surface area contributed by atoms with Gasteiger partial charge in [0.15, 0.2) is 11.6 Å². The summed E-state index contributed by atoms with van der Waals surface area (Å²) in [6.45, 7) is 1.49. The Morgan fingerprint density at radius 1 is 0.927 bits per heavy atom. The summed E-state index contributed by atoms with van der Waals surface area (Å²) in [7, 11) is -4.28. The van der Waals surface area contributed by atoms with E-state index < -0.39 is 27.4 Å². The molecule has 0 bridgehead atoms. The molecule has 1 saturated heterocycles. The highest BCUT2D eigenvalue weighted by atomic mass is 35.5. The Balaban J connectivity index is 1.26. The average Bonchev–Trinajstić information content (AvgIpc) is 3.86. The lowest BCUT2D eigenvalue weighted by Crippen LogP contribution is -2.56. The zero-order chi connectivity index (χ0) is 28.8. The summed E-state index contributed by atoms with van der Waals surface area (Å²) in [5, 5.41) is 5.38. The van der Waals surface area contributed by atoms with Crippen LogP contribution in [0.3, 0.4) is 0 Å². The Morgan fingerprint density at radius 2 is 1.61 bits per heavy atom. The van der Waals surface area contributed by atoms with Gasteiger partial charge in [0.1, 0.15) is 0 Å². The van der Waals surface area contributed by atoms with Gasteiger partial charge in [0.05, 0.1) is 44.2 Å². The van der Waals surface area contributed by atoms with Crippen LogP contribution >= 0.6 is 11.6 Å². The molecule has 214 valence electrons. The van der Waals surface area contributed by atoms with E-state index in [0.717, 1.165) is 29.3 Å². The number of piperazine rings is 1. The highest BCUT2D eigenvalue weighted by Crippen LogP contribution is 2.59. The minimum Gasteiger partial charge on any atom is -0.345 e. The molecule has 3 fully saturated rings. The number of nitrogens with zero attached hydrogens (tertiary/aromatic N) is 6. The van der Waals surface area contributed by atoms with Crippen LogP contribution in [0.2, 0.25) is 5.02 Å². The predicted molar refractivity (Wildman–Crippen MR) is 144 cm³/mol. The fraction of sp³-hybridized carbons (Fsp3) is 0.370. The Morgan fingerprint density at radius 3 is 2.22 bits per heavy atom. The molecule has 2 aromatic carbocycles. The van der Waals surface area contributed by atoms with Crippen molar-refractivity contribution in [3.63, 3.8) is 0 Å². The van der Waals surface area contributed by atoms with Crippen molar-refractivity contribution in [3.05, 3.63) is 71.3 Å². The fourth-order valence-electron chi connectivity index (χ4n) is 5.88. The number of benzene rings is 2. The van der Waals surface area contributed by atoms with Crippen molar-refractivity contribution in [2.24, 2.45) is 0 Å². The molecule has 4 aromatic rings. The third-order valence-electron chi connectivity index (χ3n) is 8.46. The maximum atomic E-state index is 13.8. The van der Waals surface area contributed by atoms with Gasteiger partial charge in [-0.25, -0.2) is 14.4 Å². The molecule has 0 unspecified atom stereocenters. The Hall–Kier alpha value is -3.45. The molecule has 3 aliphatic rings. The van der Waals surface area contributed by atoms with Gasteiger partial charge in [0.2, 0.25) is 5.95 Å². The van der Waals surface area contributed by atoms with Crippen molar-refractivity contribution in [1.82, 2.24) is 19.2 Å². The second-order valence-corrected chi connectivity index (χ2v) is 13.1. The van der Waals surface area contributed by atoms with Crippen LogP contribution < -0.4 is 9.80 Å². The van der Waals surface area contributed by atoms with Crippen LogP contribution in [-0.2, 0) is 15.4 Å². The summed E-state index contributed by atoms with van der Waals surface area (Å²) in [4.78, 5) is 12.1. The molecule has 2 saturated carbocycles. The Kier molecular flexibility index (Phi) is 5.66. The second-order valence-electron chi connectivity index (χ2n) is 10.9. The average molecular weight is 607 g/mol. The molecular weight excluding hydrogens is 584 g/mol. The van der Waals surface area contributed by atoms with Crippen molar-refractivity contribution in [2.45, 2.75) is 47.7 Å². The van der Waals surface area contributed by atoms with E-state index in [4.69, 9.17) is 11.6 Å². The topological polar surface area (TPSA) is 84.2 Å². The summed E-state index contributed by atoms with van der Waals surface area (Å²) in [5.74, 6) is 0.302. The molecule has 1 aliphatic heterocycles. The highest BCUT2D eigenvalue weighted by Gasteiger charge is 2.64. The number of aromatic nitrogens is 4. The largest absolute Gasteiger partial charge is 0.398 e. The van der Waals surface area contributed by atoms with Crippen molar-refractivity contribution >= 4 is 44.3 Å². The maximum Gasteiger partial charge on any atom is 0.398 e. The number of hydrogen-bond donors (Lipinski definition) is 0. The van der Waals surface area contributed by atoms with E-state index in [1.54, 1.807) is 18.2 Å². The fourth-order valence-corrected chi connectivity index (χ4v) is 7.41. The number of anilines is 2. The third-order valence-corrected chi connectivity index (χ3v) is 10.4. The van der Waals surface area contributed by atoms with Gasteiger partial charge in [-0.3, -0.25) is 0 Å². The molecule has 14 heteroatoms. The lowest BCUT2D eigenvalue weighted by atomic mass is 9.95. The van der Waals surface area contributed by atoms with Gasteiger partial charge >= 0.3 is 6.18 Å². The van der Waals surface area contributed by atoms with Gasteiger partial charge in [-0.05, 0) is 55.5 Å². The van der Waals surface area contributed by atoms with Gasteiger partial charge in [-0.2, -0.15) is 25.7 Å². The minimum absolute atomic E-state index is 0.0173. The van der Waals surface area contributed by atoms with Crippen molar-refractivity contribution in [2.75, 3.05) is 29.4 Å². The first-order valence-electron chi connectivity index (χ1n) is 13.1.